The number of likely N-dealkylation sites (N-methyl/N-ethyl adjacent to an activating group) is 1. The summed E-state index contributed by atoms with van der Waals surface area (Å²) in [6.45, 7) is 6.06. The number of hydrogen-bond acceptors (Lipinski definition) is 3. The third-order valence-electron chi connectivity index (χ3n) is 3.57. The average molecular weight is 428 g/mol. The fraction of sp³-hybridized carbons (Fsp3) is 0.316. The van der Waals surface area contributed by atoms with E-state index in [4.69, 9.17) is 4.74 Å². The van der Waals surface area contributed by atoms with Crippen molar-refractivity contribution in [3.63, 3.8) is 0 Å². The molecule has 4 nitrogen and oxygen atoms in total. The van der Waals surface area contributed by atoms with Crippen molar-refractivity contribution in [3.8, 4) is 5.75 Å². The van der Waals surface area contributed by atoms with E-state index in [9.17, 15) is 4.79 Å². The highest BCUT2D eigenvalue weighted by molar-refractivity contribution is 9.10. The van der Waals surface area contributed by atoms with E-state index in [1.807, 2.05) is 62.4 Å². The van der Waals surface area contributed by atoms with E-state index in [2.05, 4.69) is 26.6 Å². The highest BCUT2D eigenvalue weighted by Gasteiger charge is 2.07. The minimum atomic E-state index is -0.0574. The van der Waals surface area contributed by atoms with Gasteiger partial charge in [-0.1, -0.05) is 31.2 Å². The lowest BCUT2D eigenvalue weighted by Gasteiger charge is -2.13. The lowest BCUT2D eigenvalue weighted by molar-refractivity contribution is 0.0950. The van der Waals surface area contributed by atoms with Crippen molar-refractivity contribution in [3.05, 3.63) is 64.1 Å². The number of hydrogen-bond donors (Lipinski definition) is 2. The molecule has 2 aromatic carbocycles. The van der Waals surface area contributed by atoms with Crippen LogP contribution in [-0.2, 0) is 6.61 Å². The second-order valence-electron chi connectivity index (χ2n) is 5.58. The van der Waals surface area contributed by atoms with Crippen molar-refractivity contribution in [1.82, 2.24) is 10.6 Å². The van der Waals surface area contributed by atoms with E-state index >= 15 is 0 Å². The Morgan fingerprint density at radius 1 is 1.16 bits per heavy atom. The second kappa shape index (κ2) is 11.1. The Balaban J connectivity index is 0.00000312. The summed E-state index contributed by atoms with van der Waals surface area (Å²) >= 11 is 3.46. The van der Waals surface area contributed by atoms with Gasteiger partial charge in [-0.25, -0.2) is 0 Å². The maximum atomic E-state index is 12.1. The molecule has 0 spiro atoms. The standard InChI is InChI=1S/C19H23BrN2O2.ClH/c1-3-21-14(2)12-22-19(23)16-10-8-15(9-11-16)13-24-18-7-5-4-6-17(18)20;/h4-11,14,21H,3,12-13H2,1-2H3,(H,22,23);1H/t14-;/m1./s1. The van der Waals surface area contributed by atoms with Gasteiger partial charge in [-0.3, -0.25) is 4.79 Å². The molecule has 0 aliphatic heterocycles. The predicted octanol–water partition coefficient (Wildman–Crippen LogP) is 4.18. The molecular formula is C19H24BrClN2O2. The summed E-state index contributed by atoms with van der Waals surface area (Å²) in [5.41, 5.74) is 1.67. The van der Waals surface area contributed by atoms with Crippen LogP contribution >= 0.6 is 28.3 Å². The van der Waals surface area contributed by atoms with Crippen molar-refractivity contribution < 1.29 is 9.53 Å². The van der Waals surface area contributed by atoms with Gasteiger partial charge >= 0.3 is 0 Å². The van der Waals surface area contributed by atoms with Gasteiger partial charge in [0.25, 0.3) is 5.91 Å². The van der Waals surface area contributed by atoms with Crippen molar-refractivity contribution in [2.24, 2.45) is 0 Å². The number of amides is 1. The lowest BCUT2D eigenvalue weighted by Crippen LogP contribution is -2.38. The van der Waals surface area contributed by atoms with E-state index in [1.54, 1.807) is 0 Å². The van der Waals surface area contributed by atoms with E-state index in [0.29, 0.717) is 18.7 Å². The number of ether oxygens (including phenoxy) is 1. The Hall–Kier alpha value is -1.56. The van der Waals surface area contributed by atoms with Gasteiger partial charge in [0.1, 0.15) is 12.4 Å². The van der Waals surface area contributed by atoms with Crippen molar-refractivity contribution in [2.75, 3.05) is 13.1 Å². The molecule has 2 aromatic rings. The van der Waals surface area contributed by atoms with Gasteiger partial charge in [-0.15, -0.1) is 12.4 Å². The van der Waals surface area contributed by atoms with E-state index in [1.165, 1.54) is 0 Å². The molecule has 1 atom stereocenters. The first-order valence-corrected chi connectivity index (χ1v) is 8.87. The number of para-hydroxylation sites is 1. The van der Waals surface area contributed by atoms with Crippen LogP contribution in [0.4, 0.5) is 0 Å². The minimum Gasteiger partial charge on any atom is -0.488 e. The van der Waals surface area contributed by atoms with Crippen molar-refractivity contribution in [1.29, 1.82) is 0 Å². The summed E-state index contributed by atoms with van der Waals surface area (Å²) in [6, 6.07) is 15.5. The van der Waals surface area contributed by atoms with Crippen LogP contribution in [0.25, 0.3) is 0 Å². The van der Waals surface area contributed by atoms with Gasteiger partial charge in [0, 0.05) is 18.2 Å². The summed E-state index contributed by atoms with van der Waals surface area (Å²) in [7, 11) is 0. The zero-order valence-corrected chi connectivity index (χ0v) is 16.8. The number of carbonyl (C=O) groups is 1. The van der Waals surface area contributed by atoms with Gasteiger partial charge in [0.15, 0.2) is 0 Å². The molecule has 0 fully saturated rings. The molecule has 136 valence electrons. The van der Waals surface area contributed by atoms with Crippen LogP contribution < -0.4 is 15.4 Å². The first-order chi connectivity index (χ1) is 11.6. The van der Waals surface area contributed by atoms with Crippen LogP contribution in [0.5, 0.6) is 5.75 Å². The molecule has 0 radical (unpaired) electrons. The Bertz CT molecular complexity index is 665. The van der Waals surface area contributed by atoms with E-state index in [0.717, 1.165) is 22.3 Å². The quantitative estimate of drug-likeness (QED) is 0.664. The zero-order valence-electron chi connectivity index (χ0n) is 14.4. The molecule has 2 N–H and O–H groups in total. The zero-order chi connectivity index (χ0) is 17.4. The van der Waals surface area contributed by atoms with Crippen LogP contribution in [0.15, 0.2) is 53.0 Å². The average Bonchev–Trinajstić information content (AvgIpc) is 2.60. The molecule has 0 bridgehead atoms. The minimum absolute atomic E-state index is 0. The number of halogens is 2. The van der Waals surface area contributed by atoms with Crippen LogP contribution in [0.1, 0.15) is 29.8 Å². The highest BCUT2D eigenvalue weighted by atomic mass is 79.9. The maximum absolute atomic E-state index is 12.1. The molecule has 2 rings (SSSR count). The number of benzene rings is 2. The maximum Gasteiger partial charge on any atom is 0.251 e. The first kappa shape index (κ1) is 21.5. The lowest BCUT2D eigenvalue weighted by atomic mass is 10.1. The molecule has 0 unspecified atom stereocenters. The summed E-state index contributed by atoms with van der Waals surface area (Å²) in [5.74, 6) is 0.745. The number of carbonyl (C=O) groups excluding carboxylic acids is 1. The highest BCUT2D eigenvalue weighted by Crippen LogP contribution is 2.24. The third kappa shape index (κ3) is 7.06. The van der Waals surface area contributed by atoms with Gasteiger partial charge in [-0.05, 0) is 59.2 Å². The summed E-state index contributed by atoms with van der Waals surface area (Å²) in [6.07, 6.45) is 0. The van der Waals surface area contributed by atoms with Gasteiger partial charge < -0.3 is 15.4 Å². The molecule has 0 aliphatic rings. The summed E-state index contributed by atoms with van der Waals surface area (Å²) in [4.78, 5) is 12.1. The van der Waals surface area contributed by atoms with Crippen LogP contribution in [0, 0.1) is 0 Å². The van der Waals surface area contributed by atoms with E-state index in [-0.39, 0.29) is 24.4 Å². The molecule has 6 heteroatoms. The van der Waals surface area contributed by atoms with Crippen molar-refractivity contribution in [2.45, 2.75) is 26.5 Å². The predicted molar refractivity (Wildman–Crippen MR) is 108 cm³/mol. The SMILES string of the molecule is CCN[C@H](C)CNC(=O)c1ccc(COc2ccccc2Br)cc1.Cl. The van der Waals surface area contributed by atoms with Crippen molar-refractivity contribution >= 4 is 34.2 Å². The molecule has 25 heavy (non-hydrogen) atoms. The van der Waals surface area contributed by atoms with Gasteiger partial charge in [-0.2, -0.15) is 0 Å². The van der Waals surface area contributed by atoms with E-state index < -0.39 is 0 Å². The number of rotatable bonds is 8. The van der Waals surface area contributed by atoms with Gasteiger partial charge in [0.2, 0.25) is 0 Å². The molecule has 0 saturated carbocycles. The van der Waals surface area contributed by atoms with Crippen LogP contribution in [0.2, 0.25) is 0 Å². The topological polar surface area (TPSA) is 50.4 Å². The smallest absolute Gasteiger partial charge is 0.251 e. The Labute approximate surface area is 163 Å². The fourth-order valence-corrected chi connectivity index (χ4v) is 2.64. The second-order valence-corrected chi connectivity index (χ2v) is 6.44. The van der Waals surface area contributed by atoms with Crippen LogP contribution in [0.3, 0.4) is 0 Å². The molecule has 1 amide bonds. The number of nitrogens with one attached hydrogen (secondary N) is 2. The summed E-state index contributed by atoms with van der Waals surface area (Å²) < 4.78 is 6.70. The largest absolute Gasteiger partial charge is 0.488 e. The molecule has 0 aromatic heterocycles. The third-order valence-corrected chi connectivity index (χ3v) is 4.22. The molecule has 0 aliphatic carbocycles. The van der Waals surface area contributed by atoms with Gasteiger partial charge in [0.05, 0.1) is 4.47 Å². The molecule has 0 saturated heterocycles. The Morgan fingerprint density at radius 3 is 2.48 bits per heavy atom. The van der Waals surface area contributed by atoms with Crippen LogP contribution in [-0.4, -0.2) is 25.0 Å². The fourth-order valence-electron chi connectivity index (χ4n) is 2.24. The Kier molecular flexibility index (Phi) is 9.57. The molecular weight excluding hydrogens is 404 g/mol. The monoisotopic (exact) mass is 426 g/mol. The molecule has 0 heterocycles. The Morgan fingerprint density at radius 2 is 1.84 bits per heavy atom. The summed E-state index contributed by atoms with van der Waals surface area (Å²) in [5, 5.41) is 6.19. The first-order valence-electron chi connectivity index (χ1n) is 8.08. The normalized spacial score (nSPS) is 11.3.